The van der Waals surface area contributed by atoms with E-state index in [1.165, 1.54) is 12.1 Å². The highest BCUT2D eigenvalue weighted by Crippen LogP contribution is 2.42. The number of halogens is 1. The summed E-state index contributed by atoms with van der Waals surface area (Å²) in [5, 5.41) is 3.24. The lowest BCUT2D eigenvalue weighted by atomic mass is 9.75. The molecule has 0 fully saturated rings. The van der Waals surface area contributed by atoms with Crippen LogP contribution in [0.5, 0.6) is 0 Å². The molecule has 4 nitrogen and oxygen atoms in total. The molecule has 27 heavy (non-hydrogen) atoms. The Morgan fingerprint density at radius 2 is 2.11 bits per heavy atom. The van der Waals surface area contributed by atoms with Crippen molar-refractivity contribution in [2.24, 2.45) is 0 Å². The summed E-state index contributed by atoms with van der Waals surface area (Å²) in [6, 6.07) is 6.14. The second-order valence-corrected chi connectivity index (χ2v) is 7.16. The van der Waals surface area contributed by atoms with Crippen LogP contribution in [-0.4, -0.2) is 18.4 Å². The number of benzene rings is 1. The Labute approximate surface area is 159 Å². The molecular weight excluding hydrogens is 345 g/mol. The molecule has 0 spiro atoms. The van der Waals surface area contributed by atoms with E-state index in [0.29, 0.717) is 35.4 Å². The quantitative estimate of drug-likeness (QED) is 0.590. The Morgan fingerprint density at radius 1 is 1.30 bits per heavy atom. The Hall–Kier alpha value is -2.43. The van der Waals surface area contributed by atoms with Gasteiger partial charge in [-0.2, -0.15) is 0 Å². The minimum Gasteiger partial charge on any atom is -0.462 e. The van der Waals surface area contributed by atoms with E-state index in [2.05, 4.69) is 12.2 Å². The van der Waals surface area contributed by atoms with Crippen molar-refractivity contribution in [1.29, 1.82) is 0 Å². The van der Waals surface area contributed by atoms with Crippen molar-refractivity contribution in [2.45, 2.75) is 58.3 Å². The summed E-state index contributed by atoms with van der Waals surface area (Å²) in [4.78, 5) is 25.6. The molecule has 5 heteroatoms. The molecular formula is C22H26FNO3. The lowest BCUT2D eigenvalue weighted by Gasteiger charge is -2.34. The van der Waals surface area contributed by atoms with E-state index in [0.717, 1.165) is 37.8 Å². The van der Waals surface area contributed by atoms with E-state index in [1.807, 2.05) is 6.92 Å². The van der Waals surface area contributed by atoms with Crippen molar-refractivity contribution >= 4 is 11.8 Å². The zero-order chi connectivity index (χ0) is 19.4. The maximum absolute atomic E-state index is 13.9. The summed E-state index contributed by atoms with van der Waals surface area (Å²) in [5.41, 5.74) is 3.13. The zero-order valence-electron chi connectivity index (χ0n) is 15.9. The fraction of sp³-hybridized carbons (Fsp3) is 0.455. The second kappa shape index (κ2) is 8.51. The lowest BCUT2D eigenvalue weighted by molar-refractivity contribution is -0.139. The van der Waals surface area contributed by atoms with Gasteiger partial charge in [0.05, 0.1) is 12.2 Å². The van der Waals surface area contributed by atoms with E-state index in [-0.39, 0.29) is 11.6 Å². The minimum absolute atomic E-state index is 0.0156. The number of allylic oxidation sites excluding steroid dienone is 3. The summed E-state index contributed by atoms with van der Waals surface area (Å²) in [7, 11) is 0. The van der Waals surface area contributed by atoms with E-state index < -0.39 is 11.9 Å². The van der Waals surface area contributed by atoms with Crippen LogP contribution < -0.4 is 5.32 Å². The van der Waals surface area contributed by atoms with Crippen LogP contribution in [-0.2, 0) is 14.3 Å². The Bertz CT molecular complexity index is 810. The van der Waals surface area contributed by atoms with Crippen molar-refractivity contribution in [1.82, 2.24) is 5.32 Å². The van der Waals surface area contributed by atoms with Gasteiger partial charge in [-0.25, -0.2) is 9.18 Å². The third kappa shape index (κ3) is 4.12. The fourth-order valence-corrected chi connectivity index (χ4v) is 3.87. The zero-order valence-corrected chi connectivity index (χ0v) is 15.9. The number of hydrogen-bond acceptors (Lipinski definition) is 4. The van der Waals surface area contributed by atoms with Crippen LogP contribution in [0.1, 0.15) is 63.9 Å². The first-order chi connectivity index (χ1) is 13.0. The predicted octanol–water partition coefficient (Wildman–Crippen LogP) is 4.53. The monoisotopic (exact) mass is 371 g/mol. The van der Waals surface area contributed by atoms with Gasteiger partial charge in [0, 0.05) is 29.3 Å². The van der Waals surface area contributed by atoms with Crippen LogP contribution in [0.15, 0.2) is 46.8 Å². The molecule has 0 radical (unpaired) electrons. The van der Waals surface area contributed by atoms with Crippen LogP contribution in [0.3, 0.4) is 0 Å². The topological polar surface area (TPSA) is 55.4 Å². The maximum atomic E-state index is 13.9. The van der Waals surface area contributed by atoms with Gasteiger partial charge >= 0.3 is 5.97 Å². The van der Waals surface area contributed by atoms with Crippen LogP contribution >= 0.6 is 0 Å². The number of ketones is 1. The number of hydrogen-bond donors (Lipinski definition) is 1. The van der Waals surface area contributed by atoms with Gasteiger partial charge in [-0.05, 0) is 43.9 Å². The molecule has 0 saturated heterocycles. The molecule has 0 saturated carbocycles. The third-order valence-electron chi connectivity index (χ3n) is 5.16. The molecule has 1 aliphatic heterocycles. The molecule has 3 rings (SSSR count). The smallest absolute Gasteiger partial charge is 0.336 e. The number of unbranched alkanes of at least 4 members (excludes halogenated alkanes) is 2. The number of carbonyl (C=O) groups excluding carboxylic acids is 2. The van der Waals surface area contributed by atoms with Gasteiger partial charge in [0.2, 0.25) is 0 Å². The molecule has 0 unspecified atom stereocenters. The molecule has 1 aromatic rings. The number of rotatable bonds is 6. The van der Waals surface area contributed by atoms with Crippen LogP contribution in [0, 0.1) is 5.82 Å². The van der Waals surface area contributed by atoms with Gasteiger partial charge in [-0.15, -0.1) is 0 Å². The molecule has 0 aromatic heterocycles. The molecule has 0 amide bonds. The highest BCUT2D eigenvalue weighted by atomic mass is 19.1. The van der Waals surface area contributed by atoms with Crippen molar-refractivity contribution < 1.29 is 18.7 Å². The van der Waals surface area contributed by atoms with Gasteiger partial charge in [0.15, 0.2) is 5.78 Å². The molecule has 144 valence electrons. The Kier molecular flexibility index (Phi) is 6.09. The molecule has 1 atom stereocenters. The Balaban J connectivity index is 1.99. The van der Waals surface area contributed by atoms with Crippen LogP contribution in [0.2, 0.25) is 0 Å². The van der Waals surface area contributed by atoms with Crippen molar-refractivity contribution in [3.63, 3.8) is 0 Å². The number of nitrogens with one attached hydrogen (secondary N) is 1. The summed E-state index contributed by atoms with van der Waals surface area (Å²) >= 11 is 0. The molecule has 1 N–H and O–H groups in total. The summed E-state index contributed by atoms with van der Waals surface area (Å²) < 4.78 is 19.4. The van der Waals surface area contributed by atoms with E-state index in [1.54, 1.807) is 12.1 Å². The normalized spacial score (nSPS) is 19.7. The summed E-state index contributed by atoms with van der Waals surface area (Å²) in [5.74, 6) is -1.38. The lowest BCUT2D eigenvalue weighted by Crippen LogP contribution is -2.34. The average Bonchev–Trinajstić information content (AvgIpc) is 2.64. The third-order valence-corrected chi connectivity index (χ3v) is 5.16. The van der Waals surface area contributed by atoms with Gasteiger partial charge < -0.3 is 10.1 Å². The second-order valence-electron chi connectivity index (χ2n) is 7.16. The van der Waals surface area contributed by atoms with Crippen molar-refractivity contribution in [3.05, 3.63) is 58.2 Å². The van der Waals surface area contributed by atoms with E-state index in [4.69, 9.17) is 4.74 Å². The van der Waals surface area contributed by atoms with Crippen LogP contribution in [0.4, 0.5) is 4.39 Å². The molecule has 1 aliphatic carbocycles. The fourth-order valence-electron chi connectivity index (χ4n) is 3.87. The number of esters is 1. The molecule has 0 bridgehead atoms. The largest absolute Gasteiger partial charge is 0.462 e. The predicted molar refractivity (Wildman–Crippen MR) is 101 cm³/mol. The summed E-state index contributed by atoms with van der Waals surface area (Å²) in [6.45, 7) is 4.25. The van der Waals surface area contributed by atoms with Crippen LogP contribution in [0.25, 0.3) is 0 Å². The van der Waals surface area contributed by atoms with Gasteiger partial charge in [0.1, 0.15) is 5.82 Å². The van der Waals surface area contributed by atoms with E-state index >= 15 is 0 Å². The standard InChI is InChI=1S/C22H26FNO3/c1-3-4-5-12-27-22(26)19-14(2)24-17-10-7-11-18(25)21(17)20(19)15-8-6-9-16(23)13-15/h6,8-9,13,20,24H,3-5,7,10-12H2,1-2H3/t20-/m1/s1. The maximum Gasteiger partial charge on any atom is 0.336 e. The summed E-state index contributed by atoms with van der Waals surface area (Å²) in [6.07, 6.45) is 4.82. The first-order valence-electron chi connectivity index (χ1n) is 9.69. The van der Waals surface area contributed by atoms with E-state index in [9.17, 15) is 14.0 Å². The first-order valence-corrected chi connectivity index (χ1v) is 9.69. The van der Waals surface area contributed by atoms with Crippen molar-refractivity contribution in [2.75, 3.05) is 6.61 Å². The number of Topliss-reactive ketones (excluding diaryl/α,β-unsaturated/α-hetero) is 1. The Morgan fingerprint density at radius 3 is 2.85 bits per heavy atom. The molecule has 1 heterocycles. The van der Waals surface area contributed by atoms with Gasteiger partial charge in [0.25, 0.3) is 0 Å². The SMILES string of the molecule is CCCCCOC(=O)C1=C(C)NC2=C(C(=O)CCC2)[C@@H]1c1cccc(F)c1. The highest BCUT2D eigenvalue weighted by Gasteiger charge is 2.39. The van der Waals surface area contributed by atoms with Crippen molar-refractivity contribution in [3.8, 4) is 0 Å². The molecule has 2 aliphatic rings. The van der Waals surface area contributed by atoms with Gasteiger partial charge in [-0.3, -0.25) is 4.79 Å². The number of dihydropyridines is 1. The first kappa shape index (κ1) is 19.3. The minimum atomic E-state index is -0.580. The van der Waals surface area contributed by atoms with Gasteiger partial charge in [-0.1, -0.05) is 31.9 Å². The number of carbonyl (C=O) groups is 2. The average molecular weight is 371 g/mol. The number of ether oxygens (including phenoxy) is 1. The molecule has 1 aromatic carbocycles. The highest BCUT2D eigenvalue weighted by molar-refractivity contribution is 6.03.